The van der Waals surface area contributed by atoms with E-state index in [4.69, 9.17) is 4.74 Å². The number of piperazine rings is 1. The van der Waals surface area contributed by atoms with Crippen LogP contribution in [0.5, 0.6) is 5.75 Å². The van der Waals surface area contributed by atoms with Gasteiger partial charge in [-0.3, -0.25) is 9.59 Å². The van der Waals surface area contributed by atoms with Crippen LogP contribution in [0.3, 0.4) is 0 Å². The Morgan fingerprint density at radius 3 is 2.32 bits per heavy atom. The van der Waals surface area contributed by atoms with E-state index in [0.717, 1.165) is 37.3 Å². The highest BCUT2D eigenvalue weighted by molar-refractivity contribution is 5.96. The summed E-state index contributed by atoms with van der Waals surface area (Å²) in [6.45, 7) is 7.16. The molecule has 1 fully saturated rings. The molecule has 0 saturated carbocycles. The SMILES string of the molecule is Cc1ccc(OCC(=O)Nc2ccc(C(=O)N3CCN(C)CC3)cc2)c(C)c1. The number of hydrogen-bond donors (Lipinski definition) is 1. The van der Waals surface area contributed by atoms with Crippen LogP contribution in [0, 0.1) is 13.8 Å². The Morgan fingerprint density at radius 1 is 1.00 bits per heavy atom. The second-order valence-corrected chi connectivity index (χ2v) is 7.28. The lowest BCUT2D eigenvalue weighted by Gasteiger charge is -2.32. The zero-order chi connectivity index (χ0) is 20.1. The number of nitrogens with zero attached hydrogens (tertiary/aromatic N) is 2. The summed E-state index contributed by atoms with van der Waals surface area (Å²) in [7, 11) is 2.06. The molecule has 0 atom stereocenters. The number of anilines is 1. The molecule has 6 nitrogen and oxygen atoms in total. The van der Waals surface area contributed by atoms with Gasteiger partial charge >= 0.3 is 0 Å². The fourth-order valence-corrected chi connectivity index (χ4v) is 3.19. The van der Waals surface area contributed by atoms with E-state index in [2.05, 4.69) is 17.3 Å². The molecule has 1 heterocycles. The quantitative estimate of drug-likeness (QED) is 0.865. The number of carbonyl (C=O) groups is 2. The number of benzene rings is 2. The Bertz CT molecular complexity index is 841. The van der Waals surface area contributed by atoms with Crippen LogP contribution in [0.1, 0.15) is 21.5 Å². The van der Waals surface area contributed by atoms with Crippen molar-refractivity contribution in [2.75, 3.05) is 45.2 Å². The van der Waals surface area contributed by atoms with Gasteiger partial charge in [0.1, 0.15) is 5.75 Å². The van der Waals surface area contributed by atoms with Gasteiger partial charge in [-0.05, 0) is 56.8 Å². The number of ether oxygens (including phenoxy) is 1. The number of rotatable bonds is 5. The van der Waals surface area contributed by atoms with Crippen LogP contribution in [-0.2, 0) is 4.79 Å². The van der Waals surface area contributed by atoms with Crippen LogP contribution in [0.4, 0.5) is 5.69 Å². The van der Waals surface area contributed by atoms with Crippen molar-refractivity contribution in [2.24, 2.45) is 0 Å². The van der Waals surface area contributed by atoms with Crippen molar-refractivity contribution in [1.29, 1.82) is 0 Å². The van der Waals surface area contributed by atoms with Gasteiger partial charge in [0.05, 0.1) is 0 Å². The molecule has 148 valence electrons. The molecule has 0 radical (unpaired) electrons. The normalized spacial score (nSPS) is 14.6. The fraction of sp³-hybridized carbons (Fsp3) is 0.364. The molecule has 1 aliphatic rings. The summed E-state index contributed by atoms with van der Waals surface area (Å²) in [5.74, 6) is 0.496. The number of likely N-dealkylation sites (N-methyl/N-ethyl adjacent to an activating group) is 1. The molecule has 6 heteroatoms. The smallest absolute Gasteiger partial charge is 0.262 e. The molecule has 2 amide bonds. The van der Waals surface area contributed by atoms with Crippen molar-refractivity contribution < 1.29 is 14.3 Å². The van der Waals surface area contributed by atoms with Gasteiger partial charge in [0.15, 0.2) is 6.61 Å². The highest BCUT2D eigenvalue weighted by Gasteiger charge is 2.20. The van der Waals surface area contributed by atoms with E-state index >= 15 is 0 Å². The Morgan fingerprint density at radius 2 is 1.68 bits per heavy atom. The molecule has 0 bridgehead atoms. The zero-order valence-electron chi connectivity index (χ0n) is 16.7. The molecule has 0 aliphatic carbocycles. The molecule has 1 N–H and O–H groups in total. The number of aryl methyl sites for hydroxylation is 2. The van der Waals surface area contributed by atoms with Gasteiger partial charge in [-0.2, -0.15) is 0 Å². The van der Waals surface area contributed by atoms with Gasteiger partial charge in [0.25, 0.3) is 11.8 Å². The number of carbonyl (C=O) groups excluding carboxylic acids is 2. The van der Waals surface area contributed by atoms with Gasteiger partial charge in [0.2, 0.25) is 0 Å². The summed E-state index contributed by atoms with van der Waals surface area (Å²) in [5.41, 5.74) is 3.43. The molecule has 0 aromatic heterocycles. The van der Waals surface area contributed by atoms with E-state index in [1.807, 2.05) is 36.9 Å². The zero-order valence-corrected chi connectivity index (χ0v) is 16.7. The third-order valence-electron chi connectivity index (χ3n) is 4.90. The second kappa shape index (κ2) is 8.89. The summed E-state index contributed by atoms with van der Waals surface area (Å²) in [6, 6.07) is 12.8. The molecule has 28 heavy (non-hydrogen) atoms. The monoisotopic (exact) mass is 381 g/mol. The molecule has 3 rings (SSSR count). The maximum absolute atomic E-state index is 12.6. The molecule has 1 saturated heterocycles. The first-order valence-electron chi connectivity index (χ1n) is 9.50. The Labute approximate surface area is 166 Å². The van der Waals surface area contributed by atoms with Crippen LogP contribution < -0.4 is 10.1 Å². The fourth-order valence-electron chi connectivity index (χ4n) is 3.19. The van der Waals surface area contributed by atoms with Crippen LogP contribution in [0.15, 0.2) is 42.5 Å². The standard InChI is InChI=1S/C22H27N3O3/c1-16-4-9-20(17(2)14-16)28-15-21(26)23-19-7-5-18(6-8-19)22(27)25-12-10-24(3)11-13-25/h4-9,14H,10-13,15H2,1-3H3,(H,23,26). The van der Waals surface area contributed by atoms with Crippen LogP contribution in [0.25, 0.3) is 0 Å². The molecular formula is C22H27N3O3. The van der Waals surface area contributed by atoms with E-state index in [-0.39, 0.29) is 18.4 Å². The minimum absolute atomic E-state index is 0.0316. The van der Waals surface area contributed by atoms with Gasteiger partial charge in [-0.25, -0.2) is 0 Å². The maximum atomic E-state index is 12.6. The Hall–Kier alpha value is -2.86. The van der Waals surface area contributed by atoms with Crippen LogP contribution in [0.2, 0.25) is 0 Å². The first kappa shape index (κ1) is 19.9. The van der Waals surface area contributed by atoms with E-state index < -0.39 is 0 Å². The number of nitrogens with one attached hydrogen (secondary N) is 1. The number of hydrogen-bond acceptors (Lipinski definition) is 4. The minimum atomic E-state index is -0.238. The van der Waals surface area contributed by atoms with E-state index in [0.29, 0.717) is 17.0 Å². The van der Waals surface area contributed by atoms with Gasteiger partial charge < -0.3 is 19.9 Å². The highest BCUT2D eigenvalue weighted by Crippen LogP contribution is 2.19. The van der Waals surface area contributed by atoms with Crippen LogP contribution >= 0.6 is 0 Å². The van der Waals surface area contributed by atoms with Crippen molar-refractivity contribution in [3.05, 3.63) is 59.2 Å². The second-order valence-electron chi connectivity index (χ2n) is 7.28. The van der Waals surface area contributed by atoms with Crippen LogP contribution in [-0.4, -0.2) is 61.4 Å². The lowest BCUT2D eigenvalue weighted by atomic mass is 10.1. The lowest BCUT2D eigenvalue weighted by Crippen LogP contribution is -2.47. The summed E-state index contributed by atoms with van der Waals surface area (Å²) < 4.78 is 5.60. The molecular weight excluding hydrogens is 354 g/mol. The van der Waals surface area contributed by atoms with Crippen molar-refractivity contribution in [2.45, 2.75) is 13.8 Å². The van der Waals surface area contributed by atoms with Crippen molar-refractivity contribution >= 4 is 17.5 Å². The predicted molar refractivity (Wildman–Crippen MR) is 110 cm³/mol. The van der Waals surface area contributed by atoms with Gasteiger partial charge in [0, 0.05) is 37.4 Å². The lowest BCUT2D eigenvalue weighted by molar-refractivity contribution is -0.118. The third kappa shape index (κ3) is 5.10. The van der Waals surface area contributed by atoms with Gasteiger partial charge in [-0.1, -0.05) is 17.7 Å². The summed E-state index contributed by atoms with van der Waals surface area (Å²) in [4.78, 5) is 28.8. The van der Waals surface area contributed by atoms with Crippen molar-refractivity contribution in [3.8, 4) is 5.75 Å². The van der Waals surface area contributed by atoms with Gasteiger partial charge in [-0.15, -0.1) is 0 Å². The average Bonchev–Trinajstić information content (AvgIpc) is 2.68. The molecule has 0 spiro atoms. The van der Waals surface area contributed by atoms with Crippen molar-refractivity contribution in [1.82, 2.24) is 9.80 Å². The first-order chi connectivity index (χ1) is 13.4. The van der Waals surface area contributed by atoms with E-state index in [1.165, 1.54) is 0 Å². The van der Waals surface area contributed by atoms with E-state index in [9.17, 15) is 9.59 Å². The summed E-state index contributed by atoms with van der Waals surface area (Å²) in [6.07, 6.45) is 0. The molecule has 2 aromatic rings. The summed E-state index contributed by atoms with van der Waals surface area (Å²) >= 11 is 0. The number of amides is 2. The first-order valence-corrected chi connectivity index (χ1v) is 9.50. The van der Waals surface area contributed by atoms with Crippen molar-refractivity contribution in [3.63, 3.8) is 0 Å². The Balaban J connectivity index is 1.52. The third-order valence-corrected chi connectivity index (χ3v) is 4.90. The molecule has 2 aromatic carbocycles. The highest BCUT2D eigenvalue weighted by atomic mass is 16.5. The maximum Gasteiger partial charge on any atom is 0.262 e. The largest absolute Gasteiger partial charge is 0.483 e. The van der Waals surface area contributed by atoms with E-state index in [1.54, 1.807) is 24.3 Å². The topological polar surface area (TPSA) is 61.9 Å². The average molecular weight is 381 g/mol. The summed E-state index contributed by atoms with van der Waals surface area (Å²) in [5, 5.41) is 2.80. The Kier molecular flexibility index (Phi) is 6.31. The minimum Gasteiger partial charge on any atom is -0.483 e. The molecule has 1 aliphatic heterocycles. The molecule has 0 unspecified atom stereocenters. The predicted octanol–water partition coefficient (Wildman–Crippen LogP) is 2.71.